The fourth-order valence-corrected chi connectivity index (χ4v) is 2.12. The van der Waals surface area contributed by atoms with Crippen LogP contribution in [-0.2, 0) is 0 Å². The number of nitrogens with one attached hydrogen (secondary N) is 3. The first-order valence-electron chi connectivity index (χ1n) is 6.17. The highest BCUT2D eigenvalue weighted by molar-refractivity contribution is 7.80. The van der Waals surface area contributed by atoms with Gasteiger partial charge in [-0.15, -0.1) is 0 Å². The van der Waals surface area contributed by atoms with Crippen molar-refractivity contribution < 1.29 is 0 Å². The van der Waals surface area contributed by atoms with Crippen molar-refractivity contribution in [3.05, 3.63) is 0 Å². The molecular formula is C11H27N3S2. The van der Waals surface area contributed by atoms with E-state index in [9.17, 15) is 0 Å². The third-order valence-corrected chi connectivity index (χ3v) is 3.18. The van der Waals surface area contributed by atoms with E-state index in [1.807, 2.05) is 0 Å². The Bertz CT molecular complexity index is 147. The zero-order valence-electron chi connectivity index (χ0n) is 10.5. The van der Waals surface area contributed by atoms with Crippen molar-refractivity contribution in [3.63, 3.8) is 0 Å². The van der Waals surface area contributed by atoms with Gasteiger partial charge in [0.15, 0.2) is 0 Å². The zero-order valence-corrected chi connectivity index (χ0v) is 12.3. The molecule has 0 saturated heterocycles. The molecule has 0 aromatic carbocycles. The Labute approximate surface area is 111 Å². The van der Waals surface area contributed by atoms with Crippen LogP contribution in [-0.4, -0.2) is 49.8 Å². The lowest BCUT2D eigenvalue weighted by Crippen LogP contribution is -2.47. The summed E-state index contributed by atoms with van der Waals surface area (Å²) < 4.78 is 0. The van der Waals surface area contributed by atoms with E-state index in [1.165, 1.54) is 0 Å². The Morgan fingerprint density at radius 3 is 2.19 bits per heavy atom. The van der Waals surface area contributed by atoms with E-state index in [4.69, 9.17) is 0 Å². The van der Waals surface area contributed by atoms with Crippen molar-refractivity contribution in [2.45, 2.75) is 32.4 Å². The van der Waals surface area contributed by atoms with Crippen LogP contribution >= 0.6 is 25.3 Å². The fourth-order valence-electron chi connectivity index (χ4n) is 1.55. The second kappa shape index (κ2) is 12.0. The van der Waals surface area contributed by atoms with Crippen LogP contribution < -0.4 is 16.0 Å². The molecule has 0 spiro atoms. The minimum Gasteiger partial charge on any atom is -0.315 e. The molecule has 0 heterocycles. The first-order valence-corrected chi connectivity index (χ1v) is 7.44. The van der Waals surface area contributed by atoms with E-state index in [0.717, 1.165) is 44.1 Å². The Balaban J connectivity index is 3.78. The van der Waals surface area contributed by atoms with Crippen molar-refractivity contribution in [2.24, 2.45) is 0 Å². The number of thiol groups is 2. The highest BCUT2D eigenvalue weighted by atomic mass is 32.1. The first kappa shape index (κ1) is 16.6. The molecule has 0 amide bonds. The lowest BCUT2D eigenvalue weighted by atomic mass is 10.2. The second-order valence-electron chi connectivity index (χ2n) is 3.86. The molecule has 2 atom stereocenters. The van der Waals surface area contributed by atoms with Gasteiger partial charge in [0, 0.05) is 30.9 Å². The van der Waals surface area contributed by atoms with E-state index in [-0.39, 0.29) is 0 Å². The summed E-state index contributed by atoms with van der Waals surface area (Å²) in [7, 11) is 0. The molecule has 0 radical (unpaired) electrons. The van der Waals surface area contributed by atoms with E-state index in [2.05, 4.69) is 55.1 Å². The highest BCUT2D eigenvalue weighted by Crippen LogP contribution is 1.95. The predicted molar refractivity (Wildman–Crippen MR) is 80.1 cm³/mol. The SMILES string of the molecule is CCNC[C@@H](CCS)NC[C@H](CS)NCC. The highest BCUT2D eigenvalue weighted by Gasteiger charge is 2.10. The summed E-state index contributed by atoms with van der Waals surface area (Å²) in [5.41, 5.74) is 0. The lowest BCUT2D eigenvalue weighted by molar-refractivity contribution is 0.432. The Morgan fingerprint density at radius 2 is 1.69 bits per heavy atom. The number of likely N-dealkylation sites (N-methyl/N-ethyl adjacent to an activating group) is 2. The molecule has 0 aromatic rings. The van der Waals surface area contributed by atoms with Crippen molar-refractivity contribution in [1.29, 1.82) is 0 Å². The molecule has 0 unspecified atom stereocenters. The average molecular weight is 265 g/mol. The maximum atomic E-state index is 4.34. The van der Waals surface area contributed by atoms with Crippen LogP contribution in [0.5, 0.6) is 0 Å². The molecule has 0 aromatic heterocycles. The normalized spacial score (nSPS) is 15.0. The minimum atomic E-state index is 0.456. The number of rotatable bonds is 11. The van der Waals surface area contributed by atoms with Crippen LogP contribution in [0, 0.1) is 0 Å². The molecule has 0 saturated carbocycles. The van der Waals surface area contributed by atoms with Crippen LogP contribution in [0.2, 0.25) is 0 Å². The summed E-state index contributed by atoms with van der Waals surface area (Å²) in [5, 5.41) is 10.3. The van der Waals surface area contributed by atoms with Gasteiger partial charge in [-0.25, -0.2) is 0 Å². The van der Waals surface area contributed by atoms with Gasteiger partial charge in [-0.3, -0.25) is 0 Å². The molecule has 3 nitrogen and oxygen atoms in total. The third-order valence-electron chi connectivity index (χ3n) is 2.48. The fraction of sp³-hybridized carbons (Fsp3) is 1.00. The van der Waals surface area contributed by atoms with Gasteiger partial charge in [0.2, 0.25) is 0 Å². The molecule has 16 heavy (non-hydrogen) atoms. The van der Waals surface area contributed by atoms with Gasteiger partial charge in [-0.2, -0.15) is 25.3 Å². The topological polar surface area (TPSA) is 36.1 Å². The monoisotopic (exact) mass is 265 g/mol. The summed E-state index contributed by atoms with van der Waals surface area (Å²) in [6, 6.07) is 0.968. The first-order chi connectivity index (χ1) is 7.78. The van der Waals surface area contributed by atoms with Crippen LogP contribution in [0.4, 0.5) is 0 Å². The molecule has 0 bridgehead atoms. The van der Waals surface area contributed by atoms with E-state index in [0.29, 0.717) is 12.1 Å². The Kier molecular flexibility index (Phi) is 12.5. The van der Waals surface area contributed by atoms with Gasteiger partial charge in [-0.1, -0.05) is 13.8 Å². The molecule has 0 aliphatic rings. The van der Waals surface area contributed by atoms with Crippen molar-refractivity contribution >= 4 is 25.3 Å². The second-order valence-corrected chi connectivity index (χ2v) is 4.67. The van der Waals surface area contributed by atoms with Gasteiger partial charge in [-0.05, 0) is 25.3 Å². The van der Waals surface area contributed by atoms with E-state index >= 15 is 0 Å². The summed E-state index contributed by atoms with van der Waals surface area (Å²) in [6.45, 7) is 8.27. The maximum Gasteiger partial charge on any atom is 0.0280 e. The molecule has 98 valence electrons. The van der Waals surface area contributed by atoms with Crippen molar-refractivity contribution in [3.8, 4) is 0 Å². The van der Waals surface area contributed by atoms with E-state index < -0.39 is 0 Å². The maximum absolute atomic E-state index is 4.34. The van der Waals surface area contributed by atoms with E-state index in [1.54, 1.807) is 0 Å². The lowest BCUT2D eigenvalue weighted by Gasteiger charge is -2.22. The van der Waals surface area contributed by atoms with Crippen molar-refractivity contribution in [1.82, 2.24) is 16.0 Å². The smallest absolute Gasteiger partial charge is 0.0280 e. The molecular weight excluding hydrogens is 238 g/mol. The number of hydrogen-bond donors (Lipinski definition) is 5. The Hall–Kier alpha value is 0.580. The van der Waals surface area contributed by atoms with Crippen LogP contribution in [0.1, 0.15) is 20.3 Å². The van der Waals surface area contributed by atoms with Crippen LogP contribution in [0.25, 0.3) is 0 Å². The van der Waals surface area contributed by atoms with Crippen molar-refractivity contribution in [2.75, 3.05) is 37.7 Å². The Morgan fingerprint density at radius 1 is 0.938 bits per heavy atom. The number of hydrogen-bond acceptors (Lipinski definition) is 5. The zero-order chi connectivity index (χ0) is 12.2. The molecule has 0 rings (SSSR count). The summed E-state index contributed by atoms with van der Waals surface area (Å²) >= 11 is 8.63. The molecule has 0 aliphatic heterocycles. The summed E-state index contributed by atoms with van der Waals surface area (Å²) in [6.07, 6.45) is 1.10. The molecule has 0 fully saturated rings. The molecule has 3 N–H and O–H groups in total. The van der Waals surface area contributed by atoms with Gasteiger partial charge >= 0.3 is 0 Å². The summed E-state index contributed by atoms with van der Waals surface area (Å²) in [4.78, 5) is 0. The molecule has 0 aliphatic carbocycles. The third kappa shape index (κ3) is 8.70. The average Bonchev–Trinajstić information content (AvgIpc) is 2.30. The largest absolute Gasteiger partial charge is 0.315 e. The molecule has 5 heteroatoms. The van der Waals surface area contributed by atoms with Crippen LogP contribution in [0.15, 0.2) is 0 Å². The van der Waals surface area contributed by atoms with Crippen LogP contribution in [0.3, 0.4) is 0 Å². The minimum absolute atomic E-state index is 0.456. The quantitative estimate of drug-likeness (QED) is 0.358. The van der Waals surface area contributed by atoms with Gasteiger partial charge in [0.25, 0.3) is 0 Å². The predicted octanol–water partition coefficient (Wildman–Crippen LogP) is 0.782. The summed E-state index contributed by atoms with van der Waals surface area (Å²) in [5.74, 6) is 1.80. The van der Waals surface area contributed by atoms with Gasteiger partial charge in [0.1, 0.15) is 0 Å². The standard InChI is InChI=1S/C11H27N3S2/c1-3-12-7-10(5-6-15)14-8-11(9-16)13-4-2/h10-16H,3-9H2,1-2H3/t10-,11-/m1/s1. The van der Waals surface area contributed by atoms with Gasteiger partial charge < -0.3 is 16.0 Å². The van der Waals surface area contributed by atoms with Gasteiger partial charge in [0.05, 0.1) is 0 Å².